The number of halogens is 2. The lowest BCUT2D eigenvalue weighted by Gasteiger charge is -2.36. The maximum atomic E-state index is 6.09. The highest BCUT2D eigenvalue weighted by molar-refractivity contribution is 6.42. The number of rotatable bonds is 6. The van der Waals surface area contributed by atoms with Crippen LogP contribution in [-0.2, 0) is 11.2 Å². The second-order valence-electron chi connectivity index (χ2n) is 6.14. The van der Waals surface area contributed by atoms with Crippen LogP contribution < -0.4 is 5.32 Å². The van der Waals surface area contributed by atoms with Crippen molar-refractivity contribution in [3.05, 3.63) is 33.8 Å². The molecule has 0 aliphatic rings. The molecule has 0 amide bonds. The largest absolute Gasteiger partial charge is 0.379 e. The first-order chi connectivity index (χ1) is 9.29. The van der Waals surface area contributed by atoms with Crippen LogP contribution >= 0.6 is 23.2 Å². The standard InChI is InChI=1S/C16H25Cl2NO/c1-6-19-14(15(20-5)16(2,3)4)10-11-7-8-12(17)13(18)9-11/h7-9,14-15,19H,6,10H2,1-5H3. The monoisotopic (exact) mass is 317 g/mol. The highest BCUT2D eigenvalue weighted by Crippen LogP contribution is 2.28. The molecule has 2 nitrogen and oxygen atoms in total. The maximum Gasteiger partial charge on any atom is 0.0775 e. The SMILES string of the molecule is CCNC(Cc1ccc(Cl)c(Cl)c1)C(OC)C(C)(C)C. The van der Waals surface area contributed by atoms with Crippen LogP contribution in [0.25, 0.3) is 0 Å². The minimum Gasteiger partial charge on any atom is -0.379 e. The first-order valence-electron chi connectivity index (χ1n) is 6.99. The molecule has 0 spiro atoms. The van der Waals surface area contributed by atoms with Gasteiger partial charge >= 0.3 is 0 Å². The molecule has 1 aromatic carbocycles. The molecule has 0 aliphatic carbocycles. The molecule has 0 saturated carbocycles. The minimum atomic E-state index is 0.0673. The average molecular weight is 318 g/mol. The Balaban J connectivity index is 2.93. The zero-order valence-electron chi connectivity index (χ0n) is 13.0. The predicted octanol–water partition coefficient (Wildman–Crippen LogP) is 4.58. The summed E-state index contributed by atoms with van der Waals surface area (Å²) in [5, 5.41) is 4.71. The van der Waals surface area contributed by atoms with Crippen molar-refractivity contribution in [1.29, 1.82) is 0 Å². The highest BCUT2D eigenvalue weighted by atomic mass is 35.5. The molecule has 1 aromatic rings. The highest BCUT2D eigenvalue weighted by Gasteiger charge is 2.32. The van der Waals surface area contributed by atoms with Crippen molar-refractivity contribution in [3.8, 4) is 0 Å². The van der Waals surface area contributed by atoms with Crippen molar-refractivity contribution < 1.29 is 4.74 Å². The second kappa shape index (κ2) is 7.65. The number of ether oxygens (including phenoxy) is 1. The van der Waals surface area contributed by atoms with E-state index in [2.05, 4.69) is 33.0 Å². The van der Waals surface area contributed by atoms with Gasteiger partial charge in [0.15, 0.2) is 0 Å². The molecule has 0 radical (unpaired) electrons. The van der Waals surface area contributed by atoms with Crippen molar-refractivity contribution in [3.63, 3.8) is 0 Å². The van der Waals surface area contributed by atoms with Crippen molar-refractivity contribution >= 4 is 23.2 Å². The van der Waals surface area contributed by atoms with E-state index >= 15 is 0 Å². The molecule has 0 aromatic heterocycles. The summed E-state index contributed by atoms with van der Waals surface area (Å²) in [6.07, 6.45) is 0.984. The van der Waals surface area contributed by atoms with Crippen LogP contribution in [0.1, 0.15) is 33.3 Å². The van der Waals surface area contributed by atoms with Gasteiger partial charge in [0.2, 0.25) is 0 Å². The van der Waals surface area contributed by atoms with E-state index in [0.29, 0.717) is 10.0 Å². The fourth-order valence-corrected chi connectivity index (χ4v) is 2.91. The third kappa shape index (κ3) is 4.92. The van der Waals surface area contributed by atoms with E-state index < -0.39 is 0 Å². The third-order valence-electron chi connectivity index (χ3n) is 3.38. The summed E-state index contributed by atoms with van der Waals surface area (Å²) in [5.74, 6) is 0. The van der Waals surface area contributed by atoms with Crippen molar-refractivity contribution in [2.24, 2.45) is 5.41 Å². The molecular formula is C16H25Cl2NO. The van der Waals surface area contributed by atoms with E-state index in [0.717, 1.165) is 18.5 Å². The third-order valence-corrected chi connectivity index (χ3v) is 4.12. The van der Waals surface area contributed by atoms with E-state index in [4.69, 9.17) is 27.9 Å². The number of hydrogen-bond donors (Lipinski definition) is 1. The van der Waals surface area contributed by atoms with Gasteiger partial charge in [-0.25, -0.2) is 0 Å². The van der Waals surface area contributed by atoms with Gasteiger partial charge in [-0.3, -0.25) is 0 Å². The molecule has 114 valence electrons. The van der Waals surface area contributed by atoms with Gasteiger partial charge in [-0.05, 0) is 36.1 Å². The Morgan fingerprint density at radius 3 is 2.30 bits per heavy atom. The van der Waals surface area contributed by atoms with Gasteiger partial charge in [-0.2, -0.15) is 0 Å². The Morgan fingerprint density at radius 2 is 1.85 bits per heavy atom. The quantitative estimate of drug-likeness (QED) is 0.829. The van der Waals surface area contributed by atoms with E-state index in [-0.39, 0.29) is 17.6 Å². The molecule has 20 heavy (non-hydrogen) atoms. The van der Waals surface area contributed by atoms with E-state index in [1.165, 1.54) is 0 Å². The molecule has 0 heterocycles. The van der Waals surface area contributed by atoms with Crippen LogP contribution in [0.3, 0.4) is 0 Å². The summed E-state index contributed by atoms with van der Waals surface area (Å²) in [6.45, 7) is 9.60. The van der Waals surface area contributed by atoms with Crippen LogP contribution in [0.15, 0.2) is 18.2 Å². The first-order valence-corrected chi connectivity index (χ1v) is 7.75. The molecule has 1 rings (SSSR count). The topological polar surface area (TPSA) is 21.3 Å². The summed E-state index contributed by atoms with van der Waals surface area (Å²) >= 11 is 12.1. The summed E-state index contributed by atoms with van der Waals surface area (Å²) in [7, 11) is 1.77. The van der Waals surface area contributed by atoms with Crippen LogP contribution in [0.5, 0.6) is 0 Å². The fraction of sp³-hybridized carbons (Fsp3) is 0.625. The van der Waals surface area contributed by atoms with Gasteiger partial charge in [0.1, 0.15) is 0 Å². The molecular weight excluding hydrogens is 293 g/mol. The Morgan fingerprint density at radius 1 is 1.20 bits per heavy atom. The van der Waals surface area contributed by atoms with Gasteiger partial charge in [0.05, 0.1) is 16.1 Å². The molecule has 2 atom stereocenters. The fourth-order valence-electron chi connectivity index (χ4n) is 2.59. The second-order valence-corrected chi connectivity index (χ2v) is 6.95. The molecule has 0 bridgehead atoms. The molecule has 1 N–H and O–H groups in total. The number of benzene rings is 1. The number of methoxy groups -OCH3 is 1. The Bertz CT molecular complexity index is 429. The number of likely N-dealkylation sites (N-methyl/N-ethyl adjacent to an activating group) is 1. The predicted molar refractivity (Wildman–Crippen MR) is 87.9 cm³/mol. The summed E-state index contributed by atoms with van der Waals surface area (Å²) in [6, 6.07) is 6.04. The van der Waals surface area contributed by atoms with E-state index in [9.17, 15) is 0 Å². The van der Waals surface area contributed by atoms with Crippen LogP contribution in [-0.4, -0.2) is 25.8 Å². The number of nitrogens with one attached hydrogen (secondary N) is 1. The van der Waals surface area contributed by atoms with E-state index in [1.807, 2.05) is 18.2 Å². The average Bonchev–Trinajstić information content (AvgIpc) is 2.33. The lowest BCUT2D eigenvalue weighted by Crippen LogP contribution is -2.48. The molecule has 2 unspecified atom stereocenters. The van der Waals surface area contributed by atoms with Gasteiger partial charge in [0.25, 0.3) is 0 Å². The lowest BCUT2D eigenvalue weighted by atomic mass is 9.82. The van der Waals surface area contributed by atoms with Crippen LogP contribution in [0.2, 0.25) is 10.0 Å². The molecule has 0 aliphatic heterocycles. The minimum absolute atomic E-state index is 0.0673. The van der Waals surface area contributed by atoms with Gasteiger partial charge in [-0.1, -0.05) is 57.0 Å². The molecule has 0 fully saturated rings. The maximum absolute atomic E-state index is 6.09. The lowest BCUT2D eigenvalue weighted by molar-refractivity contribution is -0.0106. The Labute approximate surface area is 132 Å². The van der Waals surface area contributed by atoms with Gasteiger partial charge < -0.3 is 10.1 Å². The van der Waals surface area contributed by atoms with Crippen LogP contribution in [0, 0.1) is 5.41 Å². The van der Waals surface area contributed by atoms with Crippen LogP contribution in [0.4, 0.5) is 0 Å². The first kappa shape index (κ1) is 17.8. The Hall–Kier alpha value is -0.280. The number of hydrogen-bond acceptors (Lipinski definition) is 2. The van der Waals surface area contributed by atoms with Gasteiger partial charge in [-0.15, -0.1) is 0 Å². The van der Waals surface area contributed by atoms with Crippen molar-refractivity contribution in [1.82, 2.24) is 5.32 Å². The van der Waals surface area contributed by atoms with Gasteiger partial charge in [0, 0.05) is 13.2 Å². The Kier molecular flexibility index (Phi) is 6.80. The summed E-state index contributed by atoms with van der Waals surface area (Å²) in [4.78, 5) is 0. The summed E-state index contributed by atoms with van der Waals surface area (Å²) < 4.78 is 5.73. The van der Waals surface area contributed by atoms with Crippen molar-refractivity contribution in [2.75, 3.05) is 13.7 Å². The normalized spacial score (nSPS) is 15.2. The molecule has 0 saturated heterocycles. The zero-order valence-corrected chi connectivity index (χ0v) is 14.5. The van der Waals surface area contributed by atoms with Crippen molar-refractivity contribution in [2.45, 2.75) is 46.3 Å². The molecule has 4 heteroatoms. The van der Waals surface area contributed by atoms with E-state index in [1.54, 1.807) is 7.11 Å². The summed E-state index contributed by atoms with van der Waals surface area (Å²) in [5.41, 5.74) is 1.23. The zero-order chi connectivity index (χ0) is 15.3. The smallest absolute Gasteiger partial charge is 0.0775 e.